The summed E-state index contributed by atoms with van der Waals surface area (Å²) in [4.78, 5) is 14.0. The van der Waals surface area contributed by atoms with Gasteiger partial charge in [-0.15, -0.1) is 0 Å². The van der Waals surface area contributed by atoms with Crippen LogP contribution in [0.4, 0.5) is 0 Å². The lowest BCUT2D eigenvalue weighted by atomic mass is 10.1. The number of amides is 1. The van der Waals surface area contributed by atoms with E-state index in [4.69, 9.17) is 10.9 Å². The fourth-order valence-electron chi connectivity index (χ4n) is 2.37. The molecule has 1 amide bonds. The van der Waals surface area contributed by atoms with Crippen LogP contribution in [0.2, 0.25) is 0 Å². The first kappa shape index (κ1) is 16.9. The molecule has 0 saturated carbocycles. The molecule has 1 heterocycles. The van der Waals surface area contributed by atoms with Crippen molar-refractivity contribution >= 4 is 15.9 Å². The molecule has 0 bridgehead atoms. The first-order valence-electron chi connectivity index (χ1n) is 7.21. The zero-order valence-corrected chi connectivity index (χ0v) is 13.2. The summed E-state index contributed by atoms with van der Waals surface area (Å²) in [6, 6.07) is 6.39. The molecule has 2 rings (SSSR count). The van der Waals surface area contributed by atoms with Crippen molar-refractivity contribution in [1.82, 2.24) is 10.2 Å². The molecule has 0 atom stereocenters. The van der Waals surface area contributed by atoms with Crippen LogP contribution < -0.4 is 16.2 Å². The van der Waals surface area contributed by atoms with Crippen LogP contribution in [0.15, 0.2) is 29.2 Å². The summed E-state index contributed by atoms with van der Waals surface area (Å²) in [7, 11) is -3.68. The SMILES string of the molecule is NC1CCN(CC(=O)NCc2ccc(S(N)(=O)=O)cc2)CC1. The van der Waals surface area contributed by atoms with Crippen LogP contribution in [0.25, 0.3) is 0 Å². The summed E-state index contributed by atoms with van der Waals surface area (Å²) in [5, 5.41) is 7.85. The van der Waals surface area contributed by atoms with Crippen LogP contribution in [0, 0.1) is 0 Å². The summed E-state index contributed by atoms with van der Waals surface area (Å²) < 4.78 is 22.3. The molecule has 7 nitrogen and oxygen atoms in total. The molecule has 8 heteroatoms. The number of rotatable bonds is 5. The molecule has 0 aliphatic carbocycles. The lowest BCUT2D eigenvalue weighted by molar-refractivity contribution is -0.122. The summed E-state index contributed by atoms with van der Waals surface area (Å²) in [5.41, 5.74) is 6.65. The number of primary sulfonamides is 1. The fourth-order valence-corrected chi connectivity index (χ4v) is 2.88. The molecule has 1 aromatic rings. The largest absolute Gasteiger partial charge is 0.351 e. The average molecular weight is 326 g/mol. The van der Waals surface area contributed by atoms with Crippen LogP contribution in [-0.2, 0) is 21.4 Å². The maximum atomic E-state index is 11.9. The number of nitrogens with one attached hydrogen (secondary N) is 1. The Balaban J connectivity index is 1.79. The van der Waals surface area contributed by atoms with Crippen molar-refractivity contribution in [2.24, 2.45) is 10.9 Å². The molecule has 0 unspecified atom stereocenters. The third kappa shape index (κ3) is 5.06. The van der Waals surface area contributed by atoms with Gasteiger partial charge in [0.15, 0.2) is 0 Å². The van der Waals surface area contributed by atoms with Crippen LogP contribution >= 0.6 is 0 Å². The number of carbonyl (C=O) groups is 1. The molecule has 1 aliphatic heterocycles. The lowest BCUT2D eigenvalue weighted by Gasteiger charge is -2.29. The van der Waals surface area contributed by atoms with Gasteiger partial charge in [0.1, 0.15) is 0 Å². The average Bonchev–Trinajstić information content (AvgIpc) is 2.47. The normalized spacial score (nSPS) is 17.4. The van der Waals surface area contributed by atoms with E-state index in [9.17, 15) is 13.2 Å². The molecule has 1 saturated heterocycles. The highest BCUT2D eigenvalue weighted by Crippen LogP contribution is 2.09. The van der Waals surface area contributed by atoms with Gasteiger partial charge < -0.3 is 11.1 Å². The second kappa shape index (κ2) is 7.19. The van der Waals surface area contributed by atoms with Crippen molar-refractivity contribution in [2.45, 2.75) is 30.3 Å². The van der Waals surface area contributed by atoms with Gasteiger partial charge >= 0.3 is 0 Å². The third-order valence-electron chi connectivity index (χ3n) is 3.74. The molecule has 122 valence electrons. The highest BCUT2D eigenvalue weighted by molar-refractivity contribution is 7.89. The van der Waals surface area contributed by atoms with Gasteiger partial charge in [0.05, 0.1) is 11.4 Å². The smallest absolute Gasteiger partial charge is 0.238 e. The van der Waals surface area contributed by atoms with E-state index in [1.165, 1.54) is 12.1 Å². The number of nitrogens with two attached hydrogens (primary N) is 2. The number of piperidine rings is 1. The van der Waals surface area contributed by atoms with Crippen LogP contribution in [-0.4, -0.2) is 44.9 Å². The topological polar surface area (TPSA) is 119 Å². The van der Waals surface area contributed by atoms with E-state index in [1.807, 2.05) is 0 Å². The Bertz CT molecular complexity index is 607. The van der Waals surface area contributed by atoms with E-state index >= 15 is 0 Å². The Hall–Kier alpha value is -1.48. The Morgan fingerprint density at radius 1 is 1.23 bits per heavy atom. The standard InChI is InChI=1S/C14H22N4O3S/c15-12-5-7-18(8-6-12)10-14(19)17-9-11-1-3-13(4-2-11)22(16,20)21/h1-4,12H,5-10,15H2,(H,17,19)(H2,16,20,21). The first-order chi connectivity index (χ1) is 10.3. The highest BCUT2D eigenvalue weighted by Gasteiger charge is 2.18. The minimum Gasteiger partial charge on any atom is -0.351 e. The predicted molar refractivity (Wildman–Crippen MR) is 83.3 cm³/mol. The fraction of sp³-hybridized carbons (Fsp3) is 0.500. The lowest BCUT2D eigenvalue weighted by Crippen LogP contribution is -2.44. The number of sulfonamides is 1. The van der Waals surface area contributed by atoms with Gasteiger partial charge in [-0.3, -0.25) is 9.69 Å². The predicted octanol–water partition coefficient (Wildman–Crippen LogP) is -0.627. The van der Waals surface area contributed by atoms with E-state index < -0.39 is 10.0 Å². The second-order valence-electron chi connectivity index (χ2n) is 5.58. The Kier molecular flexibility index (Phi) is 5.52. The molecule has 0 spiro atoms. The van der Waals surface area contributed by atoms with Crippen LogP contribution in [0.3, 0.4) is 0 Å². The summed E-state index contributed by atoms with van der Waals surface area (Å²) in [6.45, 7) is 2.41. The Labute approximate surface area is 130 Å². The summed E-state index contributed by atoms with van der Waals surface area (Å²) in [6.07, 6.45) is 1.84. The van der Waals surface area contributed by atoms with E-state index in [0.29, 0.717) is 13.1 Å². The van der Waals surface area contributed by atoms with Crippen LogP contribution in [0.5, 0.6) is 0 Å². The van der Waals surface area contributed by atoms with E-state index in [1.54, 1.807) is 12.1 Å². The van der Waals surface area contributed by atoms with E-state index in [-0.39, 0.29) is 16.8 Å². The molecular formula is C14H22N4O3S. The number of carbonyl (C=O) groups excluding carboxylic acids is 1. The van der Waals surface area contributed by atoms with Gasteiger partial charge in [-0.2, -0.15) is 0 Å². The van der Waals surface area contributed by atoms with Gasteiger partial charge in [0.2, 0.25) is 15.9 Å². The molecular weight excluding hydrogens is 304 g/mol. The minimum atomic E-state index is -3.68. The molecule has 5 N–H and O–H groups in total. The monoisotopic (exact) mass is 326 g/mol. The van der Waals surface area contributed by atoms with E-state index in [2.05, 4.69) is 10.2 Å². The molecule has 0 aromatic heterocycles. The molecule has 1 aliphatic rings. The van der Waals surface area contributed by atoms with Crippen molar-refractivity contribution in [3.8, 4) is 0 Å². The van der Waals surface area contributed by atoms with Crippen molar-refractivity contribution in [3.63, 3.8) is 0 Å². The maximum Gasteiger partial charge on any atom is 0.238 e. The summed E-state index contributed by atoms with van der Waals surface area (Å²) >= 11 is 0. The molecule has 1 aromatic carbocycles. The minimum absolute atomic E-state index is 0.0500. The Morgan fingerprint density at radius 3 is 2.36 bits per heavy atom. The van der Waals surface area contributed by atoms with E-state index in [0.717, 1.165) is 31.5 Å². The van der Waals surface area contributed by atoms with Gasteiger partial charge in [-0.25, -0.2) is 13.6 Å². The zero-order chi connectivity index (χ0) is 16.2. The van der Waals surface area contributed by atoms with Crippen LogP contribution in [0.1, 0.15) is 18.4 Å². The van der Waals surface area contributed by atoms with Crippen molar-refractivity contribution in [2.75, 3.05) is 19.6 Å². The number of benzene rings is 1. The second-order valence-corrected chi connectivity index (χ2v) is 7.14. The quantitative estimate of drug-likeness (QED) is 0.666. The molecule has 0 radical (unpaired) electrons. The number of likely N-dealkylation sites (tertiary alicyclic amines) is 1. The number of hydrogen-bond acceptors (Lipinski definition) is 5. The van der Waals surface area contributed by atoms with Gasteiger partial charge in [0, 0.05) is 25.7 Å². The molecule has 1 fully saturated rings. The van der Waals surface area contributed by atoms with Gasteiger partial charge in [-0.05, 0) is 30.5 Å². The van der Waals surface area contributed by atoms with Crippen molar-refractivity contribution in [3.05, 3.63) is 29.8 Å². The summed E-state index contributed by atoms with van der Waals surface area (Å²) in [5.74, 6) is -0.0500. The molecule has 22 heavy (non-hydrogen) atoms. The third-order valence-corrected chi connectivity index (χ3v) is 4.67. The maximum absolute atomic E-state index is 11.9. The van der Waals surface area contributed by atoms with Crippen molar-refractivity contribution < 1.29 is 13.2 Å². The van der Waals surface area contributed by atoms with Gasteiger partial charge in [0.25, 0.3) is 0 Å². The number of hydrogen-bond donors (Lipinski definition) is 3. The number of nitrogens with zero attached hydrogens (tertiary/aromatic N) is 1. The Morgan fingerprint density at radius 2 is 1.82 bits per heavy atom. The van der Waals surface area contributed by atoms with Crippen molar-refractivity contribution in [1.29, 1.82) is 0 Å². The van der Waals surface area contributed by atoms with Gasteiger partial charge in [-0.1, -0.05) is 12.1 Å². The highest BCUT2D eigenvalue weighted by atomic mass is 32.2. The zero-order valence-electron chi connectivity index (χ0n) is 12.4. The first-order valence-corrected chi connectivity index (χ1v) is 8.75.